The van der Waals surface area contributed by atoms with E-state index in [4.69, 9.17) is 28.9 Å². The van der Waals surface area contributed by atoms with E-state index < -0.39 is 0 Å². The average molecular weight is 341 g/mol. The van der Waals surface area contributed by atoms with Crippen molar-refractivity contribution >= 4 is 52.2 Å². The molecule has 21 heavy (non-hydrogen) atoms. The van der Waals surface area contributed by atoms with Crippen molar-refractivity contribution in [1.82, 2.24) is 0 Å². The van der Waals surface area contributed by atoms with E-state index in [-0.39, 0.29) is 5.91 Å². The quantitative estimate of drug-likeness (QED) is 0.790. The Hall–Kier alpha value is -1.36. The maximum atomic E-state index is 11.9. The van der Waals surface area contributed by atoms with Crippen LogP contribution in [0.4, 0.5) is 11.4 Å². The summed E-state index contributed by atoms with van der Waals surface area (Å²) in [7, 11) is 0. The van der Waals surface area contributed by atoms with Gasteiger partial charge >= 0.3 is 0 Å². The lowest BCUT2D eigenvalue weighted by Gasteiger charge is -2.08. The lowest BCUT2D eigenvalue weighted by atomic mass is 10.2. The fraction of sp³-hybridized carbons (Fsp3) is 0.133. The van der Waals surface area contributed by atoms with Gasteiger partial charge in [-0.25, -0.2) is 0 Å². The first-order chi connectivity index (χ1) is 10.0. The van der Waals surface area contributed by atoms with Crippen LogP contribution < -0.4 is 11.1 Å². The van der Waals surface area contributed by atoms with Gasteiger partial charge in [0.25, 0.3) is 0 Å². The summed E-state index contributed by atoms with van der Waals surface area (Å²) in [6.45, 7) is 0. The first-order valence-corrected chi connectivity index (χ1v) is 8.13. The summed E-state index contributed by atoms with van der Waals surface area (Å²) in [6, 6.07) is 12.6. The summed E-state index contributed by atoms with van der Waals surface area (Å²) in [6.07, 6.45) is 0. The van der Waals surface area contributed by atoms with Gasteiger partial charge in [0.05, 0.1) is 17.1 Å². The molecule has 0 aliphatic carbocycles. The highest BCUT2D eigenvalue weighted by molar-refractivity contribution is 7.99. The molecule has 0 fully saturated rings. The van der Waals surface area contributed by atoms with Crippen LogP contribution in [0.25, 0.3) is 0 Å². The maximum absolute atomic E-state index is 11.9. The Labute approximate surface area is 137 Å². The molecule has 2 aromatic rings. The Morgan fingerprint density at radius 2 is 1.76 bits per heavy atom. The zero-order valence-electron chi connectivity index (χ0n) is 11.1. The predicted molar refractivity (Wildman–Crippen MR) is 92.1 cm³/mol. The molecule has 0 radical (unpaired) electrons. The van der Waals surface area contributed by atoms with Gasteiger partial charge in [0, 0.05) is 15.8 Å². The first-order valence-electron chi connectivity index (χ1n) is 6.21. The number of hydrogen-bond donors (Lipinski definition) is 2. The number of benzene rings is 2. The van der Waals surface area contributed by atoms with Crippen molar-refractivity contribution in [2.45, 2.75) is 5.75 Å². The highest BCUT2D eigenvalue weighted by atomic mass is 35.5. The molecule has 3 N–H and O–H groups in total. The zero-order valence-corrected chi connectivity index (χ0v) is 13.4. The number of anilines is 2. The van der Waals surface area contributed by atoms with Crippen LogP contribution in [0.15, 0.2) is 42.5 Å². The second-order valence-corrected chi connectivity index (χ2v) is 6.26. The molecule has 6 heteroatoms. The number of carbonyl (C=O) groups is 1. The smallest absolute Gasteiger partial charge is 0.234 e. The molecule has 2 rings (SSSR count). The van der Waals surface area contributed by atoms with E-state index in [0.717, 1.165) is 11.3 Å². The molecule has 0 saturated heterocycles. The van der Waals surface area contributed by atoms with Gasteiger partial charge in [-0.05, 0) is 35.9 Å². The van der Waals surface area contributed by atoms with E-state index in [1.807, 2.05) is 24.3 Å². The molecule has 0 spiro atoms. The lowest BCUT2D eigenvalue weighted by Crippen LogP contribution is -2.15. The monoisotopic (exact) mass is 340 g/mol. The highest BCUT2D eigenvalue weighted by Gasteiger charge is 2.06. The van der Waals surface area contributed by atoms with Crippen LogP contribution in [0, 0.1) is 0 Å². The maximum Gasteiger partial charge on any atom is 0.234 e. The minimum absolute atomic E-state index is 0.108. The third-order valence-corrected chi connectivity index (χ3v) is 4.20. The van der Waals surface area contributed by atoms with Crippen LogP contribution in [0.5, 0.6) is 0 Å². The molecule has 0 bridgehead atoms. The second kappa shape index (κ2) is 7.59. The van der Waals surface area contributed by atoms with Gasteiger partial charge in [0.2, 0.25) is 5.91 Å². The fourth-order valence-electron chi connectivity index (χ4n) is 1.67. The predicted octanol–water partition coefficient (Wildman–Crippen LogP) is 4.45. The van der Waals surface area contributed by atoms with Crippen LogP contribution in [-0.2, 0) is 10.5 Å². The Kier molecular flexibility index (Phi) is 5.79. The normalized spacial score (nSPS) is 10.4. The van der Waals surface area contributed by atoms with Crippen molar-refractivity contribution < 1.29 is 4.79 Å². The third kappa shape index (κ3) is 5.16. The molecular formula is C15H14Cl2N2OS. The summed E-state index contributed by atoms with van der Waals surface area (Å²) >= 11 is 13.2. The van der Waals surface area contributed by atoms with Gasteiger partial charge in [-0.3, -0.25) is 4.79 Å². The van der Waals surface area contributed by atoms with Crippen molar-refractivity contribution in [2.75, 3.05) is 16.8 Å². The molecule has 0 saturated carbocycles. The first kappa shape index (κ1) is 16.0. The molecule has 0 heterocycles. The largest absolute Gasteiger partial charge is 0.397 e. The number of amides is 1. The zero-order chi connectivity index (χ0) is 15.2. The molecule has 2 aromatic carbocycles. The van der Waals surface area contributed by atoms with Crippen LogP contribution in [0.3, 0.4) is 0 Å². The molecule has 1 amide bonds. The van der Waals surface area contributed by atoms with E-state index in [1.165, 1.54) is 11.8 Å². The number of rotatable bonds is 5. The summed E-state index contributed by atoms with van der Waals surface area (Å²) in [5.41, 5.74) is 7.94. The van der Waals surface area contributed by atoms with Crippen molar-refractivity contribution in [2.24, 2.45) is 0 Å². The van der Waals surface area contributed by atoms with Crippen LogP contribution in [0.1, 0.15) is 5.56 Å². The molecule has 3 nitrogen and oxygen atoms in total. The van der Waals surface area contributed by atoms with E-state index in [2.05, 4.69) is 5.32 Å². The minimum Gasteiger partial charge on any atom is -0.397 e. The number of hydrogen-bond acceptors (Lipinski definition) is 3. The van der Waals surface area contributed by atoms with Crippen LogP contribution in [-0.4, -0.2) is 11.7 Å². The summed E-state index contributed by atoms with van der Waals surface area (Å²) < 4.78 is 0. The number of nitrogen functional groups attached to an aromatic ring is 1. The second-order valence-electron chi connectivity index (χ2n) is 4.40. The topological polar surface area (TPSA) is 55.1 Å². The average Bonchev–Trinajstić information content (AvgIpc) is 2.45. The van der Waals surface area contributed by atoms with E-state index in [1.54, 1.807) is 18.2 Å². The molecule has 0 aliphatic rings. The Morgan fingerprint density at radius 1 is 1.10 bits per heavy atom. The summed E-state index contributed by atoms with van der Waals surface area (Å²) in [5, 5.41) is 4.00. The summed E-state index contributed by atoms with van der Waals surface area (Å²) in [5.74, 6) is 0.979. The Morgan fingerprint density at radius 3 is 2.48 bits per heavy atom. The van der Waals surface area contributed by atoms with Crippen molar-refractivity contribution in [3.63, 3.8) is 0 Å². The molecule has 0 unspecified atom stereocenters. The molecular weight excluding hydrogens is 327 g/mol. The Balaban J connectivity index is 1.82. The lowest BCUT2D eigenvalue weighted by molar-refractivity contribution is -0.113. The molecule has 0 atom stereocenters. The van der Waals surface area contributed by atoms with Crippen LogP contribution >= 0.6 is 35.0 Å². The van der Waals surface area contributed by atoms with Gasteiger partial charge in [0.15, 0.2) is 0 Å². The number of carbonyl (C=O) groups excluding carboxylic acids is 1. The standard InChI is InChI=1S/C15H14Cl2N2OS/c16-11-3-1-10(2-4-11)8-21-9-15(20)19-14-7-12(17)5-6-13(14)18/h1-7H,8-9,18H2,(H,19,20). The number of nitrogens with two attached hydrogens (primary N) is 1. The number of thioether (sulfide) groups is 1. The SMILES string of the molecule is Nc1ccc(Cl)cc1NC(=O)CSCc1ccc(Cl)cc1. The number of halogens is 2. The van der Waals surface area contributed by atoms with Gasteiger partial charge < -0.3 is 11.1 Å². The van der Waals surface area contributed by atoms with Gasteiger partial charge in [-0.15, -0.1) is 11.8 Å². The molecule has 0 aliphatic heterocycles. The van der Waals surface area contributed by atoms with Crippen molar-refractivity contribution in [1.29, 1.82) is 0 Å². The third-order valence-electron chi connectivity index (χ3n) is 2.70. The molecule has 110 valence electrons. The summed E-state index contributed by atoms with van der Waals surface area (Å²) in [4.78, 5) is 11.9. The van der Waals surface area contributed by atoms with Gasteiger partial charge in [-0.2, -0.15) is 0 Å². The van der Waals surface area contributed by atoms with Gasteiger partial charge in [0.1, 0.15) is 0 Å². The molecule has 0 aromatic heterocycles. The van der Waals surface area contributed by atoms with E-state index in [9.17, 15) is 4.79 Å². The highest BCUT2D eigenvalue weighted by Crippen LogP contribution is 2.23. The van der Waals surface area contributed by atoms with Crippen molar-refractivity contribution in [3.8, 4) is 0 Å². The van der Waals surface area contributed by atoms with Gasteiger partial charge in [-0.1, -0.05) is 35.3 Å². The minimum atomic E-state index is -0.108. The van der Waals surface area contributed by atoms with E-state index >= 15 is 0 Å². The van der Waals surface area contributed by atoms with E-state index in [0.29, 0.717) is 27.2 Å². The van der Waals surface area contributed by atoms with Crippen LogP contribution in [0.2, 0.25) is 10.0 Å². The Bertz CT molecular complexity index is 632. The van der Waals surface area contributed by atoms with Crippen molar-refractivity contribution in [3.05, 3.63) is 58.1 Å². The fourth-order valence-corrected chi connectivity index (χ4v) is 2.75. The number of nitrogens with one attached hydrogen (secondary N) is 1.